The Balaban J connectivity index is 1.29. The molecule has 3 amide bonds. The Labute approximate surface area is 190 Å². The maximum atomic E-state index is 13.1. The van der Waals surface area contributed by atoms with Crippen molar-refractivity contribution in [2.45, 2.75) is 26.7 Å². The average molecular weight is 449 g/mol. The van der Waals surface area contributed by atoms with E-state index in [0.29, 0.717) is 37.4 Å². The van der Waals surface area contributed by atoms with E-state index in [1.807, 2.05) is 4.90 Å². The van der Waals surface area contributed by atoms with Crippen LogP contribution in [0.3, 0.4) is 0 Å². The number of anilines is 2. The van der Waals surface area contributed by atoms with Gasteiger partial charge in [-0.05, 0) is 49.2 Å². The van der Waals surface area contributed by atoms with Crippen LogP contribution in [0.4, 0.5) is 10.8 Å². The summed E-state index contributed by atoms with van der Waals surface area (Å²) in [7, 11) is 0. The van der Waals surface area contributed by atoms with Crippen molar-refractivity contribution in [3.05, 3.63) is 53.1 Å². The van der Waals surface area contributed by atoms with Gasteiger partial charge in [0.25, 0.3) is 5.91 Å². The summed E-state index contributed by atoms with van der Waals surface area (Å²) in [5.41, 5.74) is 4.45. The third kappa shape index (κ3) is 3.64. The third-order valence-corrected chi connectivity index (χ3v) is 7.32. The van der Waals surface area contributed by atoms with Gasteiger partial charge in [-0.25, -0.2) is 4.98 Å². The number of carbonyl (C=O) groups is 3. The number of fused-ring (bicyclic) bond motifs is 1. The fraction of sp³-hybridized carbons (Fsp3) is 0.333. The van der Waals surface area contributed by atoms with Gasteiger partial charge in [-0.3, -0.25) is 19.3 Å². The van der Waals surface area contributed by atoms with Gasteiger partial charge in [-0.1, -0.05) is 23.5 Å². The molecule has 3 aromatic rings. The number of hydrogen-bond acceptors (Lipinski definition) is 6. The van der Waals surface area contributed by atoms with Crippen molar-refractivity contribution >= 4 is 50.1 Å². The first-order valence-corrected chi connectivity index (χ1v) is 11.6. The second kappa shape index (κ2) is 8.02. The van der Waals surface area contributed by atoms with Crippen molar-refractivity contribution in [3.8, 4) is 0 Å². The van der Waals surface area contributed by atoms with Crippen molar-refractivity contribution in [2.75, 3.05) is 36.0 Å². The molecule has 0 bridgehead atoms. The zero-order valence-corrected chi connectivity index (χ0v) is 18.9. The first kappa shape index (κ1) is 20.6. The number of aryl methyl sites for hydroxylation is 2. The number of piperazine rings is 1. The van der Waals surface area contributed by atoms with E-state index in [1.165, 1.54) is 20.7 Å². The van der Waals surface area contributed by atoms with Crippen LogP contribution in [0.5, 0.6) is 0 Å². The van der Waals surface area contributed by atoms with Crippen LogP contribution in [0.25, 0.3) is 10.2 Å². The minimum absolute atomic E-state index is 0.0821. The second-order valence-electron chi connectivity index (χ2n) is 8.38. The summed E-state index contributed by atoms with van der Waals surface area (Å²) < 4.78 is 1.21. The molecule has 32 heavy (non-hydrogen) atoms. The van der Waals surface area contributed by atoms with Crippen LogP contribution in [0, 0.1) is 13.8 Å². The lowest BCUT2D eigenvalue weighted by Crippen LogP contribution is -2.48. The summed E-state index contributed by atoms with van der Waals surface area (Å²) in [5.74, 6) is -0.509. The van der Waals surface area contributed by atoms with Gasteiger partial charge in [0.15, 0.2) is 5.13 Å². The Morgan fingerprint density at radius 3 is 2.41 bits per heavy atom. The summed E-state index contributed by atoms with van der Waals surface area (Å²) in [4.78, 5) is 47.3. The summed E-state index contributed by atoms with van der Waals surface area (Å²) in [6, 6.07) is 11.1. The molecule has 0 spiro atoms. The van der Waals surface area contributed by atoms with Crippen LogP contribution < -0.4 is 9.80 Å². The second-order valence-corrected chi connectivity index (χ2v) is 9.36. The molecule has 0 saturated carbocycles. The largest absolute Gasteiger partial charge is 0.345 e. The lowest BCUT2D eigenvalue weighted by atomic mass is 10.1. The minimum atomic E-state index is -0.213. The fourth-order valence-electron chi connectivity index (χ4n) is 4.43. The zero-order chi connectivity index (χ0) is 22.4. The van der Waals surface area contributed by atoms with E-state index in [-0.39, 0.29) is 30.6 Å². The molecule has 0 radical (unpaired) electrons. The highest BCUT2D eigenvalue weighted by Crippen LogP contribution is 2.32. The van der Waals surface area contributed by atoms with Crippen molar-refractivity contribution in [2.24, 2.45) is 0 Å². The molecular formula is C24H24N4O3S. The number of thiazole rings is 1. The Kier molecular flexibility index (Phi) is 5.17. The first-order chi connectivity index (χ1) is 15.4. The highest BCUT2D eigenvalue weighted by atomic mass is 32.1. The van der Waals surface area contributed by atoms with Crippen molar-refractivity contribution in [1.29, 1.82) is 0 Å². The van der Waals surface area contributed by atoms with E-state index in [9.17, 15) is 14.4 Å². The predicted octanol–water partition coefficient (Wildman–Crippen LogP) is 3.53. The van der Waals surface area contributed by atoms with Gasteiger partial charge in [0.05, 0.1) is 15.9 Å². The Bertz CT molecular complexity index is 1230. The Morgan fingerprint density at radius 2 is 1.69 bits per heavy atom. The number of carbonyl (C=O) groups excluding carboxylic acids is 3. The molecule has 2 saturated heterocycles. The molecule has 0 aliphatic carbocycles. The predicted molar refractivity (Wildman–Crippen MR) is 125 cm³/mol. The number of imide groups is 1. The highest BCUT2D eigenvalue weighted by molar-refractivity contribution is 7.22. The van der Waals surface area contributed by atoms with Gasteiger partial charge in [0.1, 0.15) is 0 Å². The minimum Gasteiger partial charge on any atom is -0.345 e. The first-order valence-electron chi connectivity index (χ1n) is 10.8. The van der Waals surface area contributed by atoms with Gasteiger partial charge in [-0.15, -0.1) is 0 Å². The van der Waals surface area contributed by atoms with Gasteiger partial charge in [-0.2, -0.15) is 0 Å². The molecule has 2 fully saturated rings. The van der Waals surface area contributed by atoms with E-state index < -0.39 is 0 Å². The van der Waals surface area contributed by atoms with Crippen molar-refractivity contribution < 1.29 is 14.4 Å². The number of amides is 3. The molecule has 2 aliphatic heterocycles. The van der Waals surface area contributed by atoms with Gasteiger partial charge in [0.2, 0.25) is 11.8 Å². The molecule has 0 atom stereocenters. The molecule has 2 aliphatic rings. The number of benzene rings is 2. The lowest BCUT2D eigenvalue weighted by molar-refractivity contribution is -0.121. The number of hydrogen-bond donors (Lipinski definition) is 0. The number of nitrogens with zero attached hydrogens (tertiary/aromatic N) is 4. The monoisotopic (exact) mass is 448 g/mol. The summed E-state index contributed by atoms with van der Waals surface area (Å²) in [6.45, 7) is 6.82. The molecule has 5 rings (SSSR count). The quantitative estimate of drug-likeness (QED) is 0.573. The van der Waals surface area contributed by atoms with Crippen LogP contribution >= 0.6 is 11.3 Å². The topological polar surface area (TPSA) is 73.8 Å². The highest BCUT2D eigenvalue weighted by Gasteiger charge is 2.31. The van der Waals surface area contributed by atoms with Crippen LogP contribution in [0.2, 0.25) is 0 Å². The molecule has 8 heteroatoms. The Hall–Kier alpha value is -3.26. The maximum absolute atomic E-state index is 13.1. The smallest absolute Gasteiger partial charge is 0.254 e. The van der Waals surface area contributed by atoms with Crippen LogP contribution in [0.15, 0.2) is 36.4 Å². The van der Waals surface area contributed by atoms with Gasteiger partial charge < -0.3 is 9.80 Å². The maximum Gasteiger partial charge on any atom is 0.254 e. The zero-order valence-electron chi connectivity index (χ0n) is 18.1. The normalized spacial score (nSPS) is 17.0. The standard InChI is InChI=1S/C24H24N4O3S/c1-15-12-16(2)22-19(13-15)25-24(32-22)27-10-8-26(9-11-27)23(31)17-4-3-5-18(14-17)28-20(29)6-7-21(28)30/h3-5,12-14H,6-11H2,1-2H3. The molecular weight excluding hydrogens is 424 g/mol. The van der Waals surface area contributed by atoms with Crippen molar-refractivity contribution in [1.82, 2.24) is 9.88 Å². The lowest BCUT2D eigenvalue weighted by Gasteiger charge is -2.34. The van der Waals surface area contributed by atoms with Crippen molar-refractivity contribution in [3.63, 3.8) is 0 Å². The van der Waals surface area contributed by atoms with Gasteiger partial charge in [0, 0.05) is 44.6 Å². The molecule has 1 aromatic heterocycles. The van der Waals surface area contributed by atoms with E-state index in [4.69, 9.17) is 4.98 Å². The van der Waals surface area contributed by atoms with E-state index in [1.54, 1.807) is 35.6 Å². The average Bonchev–Trinajstić information content (AvgIpc) is 3.36. The van der Waals surface area contributed by atoms with Crippen LogP contribution in [-0.4, -0.2) is 53.8 Å². The molecule has 0 N–H and O–H groups in total. The fourth-order valence-corrected chi connectivity index (χ4v) is 5.49. The molecule has 0 unspecified atom stereocenters. The summed E-state index contributed by atoms with van der Waals surface area (Å²) in [6.07, 6.45) is 0.452. The van der Waals surface area contributed by atoms with Gasteiger partial charge >= 0.3 is 0 Å². The molecule has 7 nitrogen and oxygen atoms in total. The van der Waals surface area contributed by atoms with E-state index >= 15 is 0 Å². The molecule has 3 heterocycles. The van der Waals surface area contributed by atoms with Crippen LogP contribution in [0.1, 0.15) is 34.3 Å². The SMILES string of the molecule is Cc1cc(C)c2sc(N3CCN(C(=O)c4cccc(N5C(=O)CCC5=O)c4)CC3)nc2c1. The summed E-state index contributed by atoms with van der Waals surface area (Å²) in [5, 5.41) is 0.994. The Morgan fingerprint density at radius 1 is 0.969 bits per heavy atom. The third-order valence-electron chi connectivity index (χ3n) is 6.05. The molecule has 2 aromatic carbocycles. The van der Waals surface area contributed by atoms with E-state index in [0.717, 1.165) is 10.6 Å². The number of rotatable bonds is 3. The number of aromatic nitrogens is 1. The van der Waals surface area contributed by atoms with E-state index in [2.05, 4.69) is 30.9 Å². The summed E-state index contributed by atoms with van der Waals surface area (Å²) >= 11 is 1.70. The molecule has 164 valence electrons. The van der Waals surface area contributed by atoms with Crippen LogP contribution in [-0.2, 0) is 9.59 Å².